The number of aliphatic hydroxyl groups is 2. The van der Waals surface area contributed by atoms with Crippen LogP contribution in [-0.4, -0.2) is 50.6 Å². The normalized spacial score (nSPS) is 13.0. The van der Waals surface area contributed by atoms with E-state index in [1.54, 1.807) is 0 Å². The summed E-state index contributed by atoms with van der Waals surface area (Å²) in [5, 5.41) is 32.5. The molecule has 2 amide bonds. The van der Waals surface area contributed by atoms with Gasteiger partial charge >= 0.3 is 18.0 Å². The average Bonchev–Trinajstić information content (AvgIpc) is 2.00. The number of primary amides is 2. The van der Waals surface area contributed by atoms with Gasteiger partial charge in [-0.2, -0.15) is 0 Å². The lowest BCUT2D eigenvalue weighted by Crippen LogP contribution is -2.39. The minimum absolute atomic E-state index is 0.833. The van der Waals surface area contributed by atoms with Crippen LogP contribution in [0, 0.1) is 0 Å². The molecule has 0 aliphatic rings. The third-order valence-corrected chi connectivity index (χ3v) is 0.805. The molecule has 9 heteroatoms. The first kappa shape index (κ1) is 14.6. The molecule has 82 valence electrons. The van der Waals surface area contributed by atoms with Gasteiger partial charge in [-0.3, -0.25) is 0 Å². The van der Waals surface area contributed by atoms with Crippen LogP contribution >= 0.6 is 0 Å². The molecule has 0 bridgehead atoms. The van der Waals surface area contributed by atoms with Gasteiger partial charge in [-0.25, -0.2) is 14.4 Å². The lowest BCUT2D eigenvalue weighted by molar-refractivity contribution is -0.165. The zero-order valence-corrected chi connectivity index (χ0v) is 6.82. The third kappa shape index (κ3) is 8.23. The van der Waals surface area contributed by atoms with Crippen molar-refractivity contribution in [3.05, 3.63) is 0 Å². The Hall–Kier alpha value is -1.87. The molecule has 14 heavy (non-hydrogen) atoms. The van der Waals surface area contributed by atoms with Crippen LogP contribution in [0.3, 0.4) is 0 Å². The van der Waals surface area contributed by atoms with Crippen LogP contribution in [0.4, 0.5) is 4.79 Å². The molecule has 0 aromatic heterocycles. The van der Waals surface area contributed by atoms with E-state index < -0.39 is 30.2 Å². The number of carbonyl (C=O) groups is 3. The van der Waals surface area contributed by atoms with E-state index >= 15 is 0 Å². The molecule has 0 aromatic carbocycles. The SMILES string of the molecule is NC(N)=O.O=C(O)[C@@H](O)[C@H](O)C(=O)O. The second kappa shape index (κ2) is 6.62. The number of amides is 2. The largest absolute Gasteiger partial charge is 0.479 e. The van der Waals surface area contributed by atoms with Gasteiger partial charge in [-0.05, 0) is 0 Å². The number of hydrogen-bond donors (Lipinski definition) is 6. The van der Waals surface area contributed by atoms with Gasteiger partial charge in [-0.1, -0.05) is 0 Å². The van der Waals surface area contributed by atoms with Crippen LogP contribution in [0.25, 0.3) is 0 Å². The fourth-order valence-electron chi connectivity index (χ4n) is 0.270. The van der Waals surface area contributed by atoms with Crippen molar-refractivity contribution in [2.75, 3.05) is 0 Å². The van der Waals surface area contributed by atoms with Gasteiger partial charge in [0.1, 0.15) is 0 Å². The van der Waals surface area contributed by atoms with Crippen molar-refractivity contribution in [3.63, 3.8) is 0 Å². The van der Waals surface area contributed by atoms with Crippen LogP contribution < -0.4 is 11.5 Å². The smallest absolute Gasteiger partial charge is 0.335 e. The summed E-state index contributed by atoms with van der Waals surface area (Å²) in [7, 11) is 0. The average molecular weight is 210 g/mol. The van der Waals surface area contributed by atoms with Crippen molar-refractivity contribution >= 4 is 18.0 Å². The first-order valence-electron chi connectivity index (χ1n) is 3.06. The summed E-state index contributed by atoms with van der Waals surface area (Å²) < 4.78 is 0. The molecule has 0 fully saturated rings. The van der Waals surface area contributed by atoms with E-state index in [0.29, 0.717) is 0 Å². The van der Waals surface area contributed by atoms with Gasteiger partial charge < -0.3 is 31.9 Å². The highest BCUT2D eigenvalue weighted by atomic mass is 16.4. The van der Waals surface area contributed by atoms with Crippen molar-refractivity contribution in [2.45, 2.75) is 12.2 Å². The summed E-state index contributed by atoms with van der Waals surface area (Å²) in [6, 6.07) is -0.833. The van der Waals surface area contributed by atoms with Crippen molar-refractivity contribution < 1.29 is 34.8 Å². The predicted octanol–water partition coefficient (Wildman–Crippen LogP) is -3.10. The molecular weight excluding hydrogens is 200 g/mol. The first-order chi connectivity index (χ1) is 6.20. The van der Waals surface area contributed by atoms with E-state index in [9.17, 15) is 9.59 Å². The van der Waals surface area contributed by atoms with Gasteiger partial charge in [0.25, 0.3) is 0 Å². The Balaban J connectivity index is 0. The highest BCUT2D eigenvalue weighted by Crippen LogP contribution is 1.92. The summed E-state index contributed by atoms with van der Waals surface area (Å²) in [5.41, 5.74) is 8.50. The van der Waals surface area contributed by atoms with Crippen LogP contribution in [-0.2, 0) is 9.59 Å². The minimum atomic E-state index is -2.27. The molecule has 0 aromatic rings. The zero-order valence-electron chi connectivity index (χ0n) is 6.82. The molecule has 9 nitrogen and oxygen atoms in total. The quantitative estimate of drug-likeness (QED) is 0.284. The standard InChI is InChI=1S/C4H6O6.CH4N2O/c5-1(3(7)8)2(6)4(9)10;2-1(3)4/h1-2,5-6H,(H,7,8)(H,9,10);(H4,2,3,4)/t1-,2-;/m0./s1. The van der Waals surface area contributed by atoms with Crippen molar-refractivity contribution in [2.24, 2.45) is 11.5 Å². The van der Waals surface area contributed by atoms with Crippen LogP contribution in [0.1, 0.15) is 0 Å². The molecule has 0 heterocycles. The molecule has 0 spiro atoms. The van der Waals surface area contributed by atoms with Crippen LogP contribution in [0.15, 0.2) is 0 Å². The highest BCUT2D eigenvalue weighted by Gasteiger charge is 2.29. The number of aliphatic carboxylic acids is 2. The van der Waals surface area contributed by atoms with Crippen molar-refractivity contribution in [1.82, 2.24) is 0 Å². The summed E-state index contributed by atoms with van der Waals surface area (Å²) >= 11 is 0. The Kier molecular flexibility index (Phi) is 6.93. The van der Waals surface area contributed by atoms with E-state index in [0.717, 1.165) is 0 Å². The maximum absolute atomic E-state index is 9.77. The summed E-state index contributed by atoms with van der Waals surface area (Å²) in [6.45, 7) is 0. The Morgan fingerprint density at radius 2 is 1.00 bits per heavy atom. The Morgan fingerprint density at radius 3 is 1.07 bits per heavy atom. The fourth-order valence-corrected chi connectivity index (χ4v) is 0.270. The van der Waals surface area contributed by atoms with Gasteiger partial charge in [0.15, 0.2) is 12.2 Å². The summed E-state index contributed by atoms with van der Waals surface area (Å²) in [5.74, 6) is -3.54. The Labute approximate surface area is 77.5 Å². The summed E-state index contributed by atoms with van der Waals surface area (Å²) in [4.78, 5) is 28.5. The molecule has 0 radical (unpaired) electrons. The minimum Gasteiger partial charge on any atom is -0.479 e. The van der Waals surface area contributed by atoms with E-state index in [-0.39, 0.29) is 0 Å². The van der Waals surface area contributed by atoms with Gasteiger partial charge in [0.2, 0.25) is 0 Å². The first-order valence-corrected chi connectivity index (χ1v) is 3.06. The van der Waals surface area contributed by atoms with E-state index in [1.807, 2.05) is 0 Å². The van der Waals surface area contributed by atoms with E-state index in [1.165, 1.54) is 0 Å². The number of urea groups is 1. The van der Waals surface area contributed by atoms with E-state index in [2.05, 4.69) is 11.5 Å². The number of nitrogens with two attached hydrogens (primary N) is 2. The molecular formula is C5H10N2O7. The van der Waals surface area contributed by atoms with Crippen LogP contribution in [0.2, 0.25) is 0 Å². The molecule has 2 atom stereocenters. The second-order valence-electron chi connectivity index (χ2n) is 1.97. The Bertz CT molecular complexity index is 206. The molecule has 0 aliphatic heterocycles. The maximum Gasteiger partial charge on any atom is 0.335 e. The molecule has 0 unspecified atom stereocenters. The van der Waals surface area contributed by atoms with Gasteiger partial charge in [0, 0.05) is 0 Å². The fraction of sp³-hybridized carbons (Fsp3) is 0.400. The van der Waals surface area contributed by atoms with Crippen molar-refractivity contribution in [3.8, 4) is 0 Å². The third-order valence-electron chi connectivity index (χ3n) is 0.805. The second-order valence-corrected chi connectivity index (χ2v) is 1.97. The highest BCUT2D eigenvalue weighted by molar-refractivity contribution is 5.83. The van der Waals surface area contributed by atoms with Gasteiger partial charge in [-0.15, -0.1) is 0 Å². The molecule has 0 aliphatic carbocycles. The molecule has 8 N–H and O–H groups in total. The van der Waals surface area contributed by atoms with Crippen LogP contribution in [0.5, 0.6) is 0 Å². The van der Waals surface area contributed by atoms with E-state index in [4.69, 9.17) is 25.2 Å². The lowest BCUT2D eigenvalue weighted by Gasteiger charge is -2.07. The maximum atomic E-state index is 9.77. The predicted molar refractivity (Wildman–Crippen MR) is 41.1 cm³/mol. The number of rotatable bonds is 3. The molecule has 0 rings (SSSR count). The van der Waals surface area contributed by atoms with Crippen molar-refractivity contribution in [1.29, 1.82) is 0 Å². The number of aliphatic hydroxyl groups excluding tert-OH is 2. The monoisotopic (exact) mass is 210 g/mol. The topological polar surface area (TPSA) is 184 Å². The molecule has 0 saturated carbocycles. The number of carboxylic acids is 2. The summed E-state index contributed by atoms with van der Waals surface area (Å²) in [6.07, 6.45) is -4.53. The zero-order chi connectivity index (χ0) is 11.9. The lowest BCUT2D eigenvalue weighted by atomic mass is 10.2. The molecule has 0 saturated heterocycles. The Morgan fingerprint density at radius 1 is 0.857 bits per heavy atom. The van der Waals surface area contributed by atoms with Gasteiger partial charge in [0.05, 0.1) is 0 Å². The number of carboxylic acid groups (broad SMARTS) is 2. The number of hydrogen-bond acceptors (Lipinski definition) is 5. The number of carbonyl (C=O) groups excluding carboxylic acids is 1.